The summed E-state index contributed by atoms with van der Waals surface area (Å²) >= 11 is 0. The zero-order valence-corrected chi connectivity index (χ0v) is 9.10. The van der Waals surface area contributed by atoms with Gasteiger partial charge < -0.3 is 0 Å². The first-order valence-electron chi connectivity index (χ1n) is 4.52. The molecule has 0 N–H and O–H groups in total. The second-order valence-corrected chi connectivity index (χ2v) is 4.70. The van der Waals surface area contributed by atoms with Gasteiger partial charge in [0.15, 0.2) is 0 Å². The molecule has 72 valence electrons. The number of rotatable bonds is 1. The fourth-order valence-electron chi connectivity index (χ4n) is 1.73. The second kappa shape index (κ2) is 3.54. The molecule has 0 saturated carbocycles. The lowest BCUT2D eigenvalue weighted by Gasteiger charge is -2.06. The van der Waals surface area contributed by atoms with E-state index in [0.717, 1.165) is 21.2 Å². The molecule has 1 unspecified atom stereocenters. The summed E-state index contributed by atoms with van der Waals surface area (Å²) in [4.78, 5) is 0.961. The van der Waals surface area contributed by atoms with Crippen LogP contribution in [0.2, 0.25) is 0 Å². The van der Waals surface area contributed by atoms with E-state index in [2.05, 4.69) is 6.07 Å². The molecule has 0 amide bonds. The molecule has 0 spiro atoms. The summed E-state index contributed by atoms with van der Waals surface area (Å²) in [6.07, 6.45) is 1.73. The summed E-state index contributed by atoms with van der Waals surface area (Å²) in [7, 11) is -0.915. The quantitative estimate of drug-likeness (QED) is 0.698. The van der Waals surface area contributed by atoms with E-state index in [1.54, 1.807) is 6.26 Å². The second-order valence-electron chi connectivity index (χ2n) is 3.39. The number of hydrogen-bond donors (Lipinski definition) is 0. The maximum Gasteiger partial charge on any atom is 0.0507 e. The van der Waals surface area contributed by atoms with Crippen LogP contribution in [-0.2, 0) is 10.8 Å². The monoisotopic (exact) mass is 204 g/mol. The van der Waals surface area contributed by atoms with Crippen LogP contribution in [0, 0.1) is 6.92 Å². The van der Waals surface area contributed by atoms with Crippen LogP contribution in [0.15, 0.2) is 41.3 Å². The van der Waals surface area contributed by atoms with Crippen molar-refractivity contribution in [2.75, 3.05) is 6.26 Å². The van der Waals surface area contributed by atoms with Gasteiger partial charge in [0.1, 0.15) is 0 Å². The largest absolute Gasteiger partial charge is 0.255 e. The van der Waals surface area contributed by atoms with E-state index < -0.39 is 10.8 Å². The normalized spacial score (nSPS) is 13.0. The molecule has 0 aromatic heterocycles. The summed E-state index contributed by atoms with van der Waals surface area (Å²) in [5, 5.41) is 2.26. The molecule has 0 aliphatic heterocycles. The van der Waals surface area contributed by atoms with Gasteiger partial charge in [-0.2, -0.15) is 0 Å². The molecule has 0 radical (unpaired) electrons. The van der Waals surface area contributed by atoms with Gasteiger partial charge in [-0.05, 0) is 23.3 Å². The Morgan fingerprint density at radius 2 is 1.79 bits per heavy atom. The predicted octanol–water partition coefficient (Wildman–Crippen LogP) is 2.89. The van der Waals surface area contributed by atoms with Crippen LogP contribution in [0.5, 0.6) is 0 Å². The van der Waals surface area contributed by atoms with Crippen molar-refractivity contribution in [3.05, 3.63) is 42.0 Å². The molecule has 0 heterocycles. The summed E-state index contributed by atoms with van der Waals surface area (Å²) in [5.74, 6) is 0. The van der Waals surface area contributed by atoms with Gasteiger partial charge in [0.05, 0.1) is 10.8 Å². The van der Waals surface area contributed by atoms with E-state index in [4.69, 9.17) is 0 Å². The Morgan fingerprint density at radius 3 is 2.50 bits per heavy atom. The van der Waals surface area contributed by atoms with Crippen molar-refractivity contribution in [2.24, 2.45) is 0 Å². The molecule has 14 heavy (non-hydrogen) atoms. The zero-order chi connectivity index (χ0) is 10.1. The van der Waals surface area contributed by atoms with Gasteiger partial charge in [0.2, 0.25) is 0 Å². The molecule has 2 heteroatoms. The minimum absolute atomic E-state index is 0.915. The number of benzene rings is 2. The van der Waals surface area contributed by atoms with E-state index in [1.165, 1.54) is 0 Å². The first-order chi connectivity index (χ1) is 6.70. The molecule has 1 nitrogen and oxygen atoms in total. The maximum absolute atomic E-state index is 11.6. The minimum atomic E-state index is -0.915. The maximum atomic E-state index is 11.6. The molecule has 0 bridgehead atoms. The third kappa shape index (κ3) is 1.46. The molecule has 2 aromatic rings. The van der Waals surface area contributed by atoms with Crippen molar-refractivity contribution in [3.8, 4) is 0 Å². The van der Waals surface area contributed by atoms with Gasteiger partial charge in [-0.3, -0.25) is 4.21 Å². The molecule has 0 saturated heterocycles. The first kappa shape index (κ1) is 9.41. The highest BCUT2D eigenvalue weighted by atomic mass is 32.2. The SMILES string of the molecule is Cc1ccc2ccccc2c1S(C)=O. The van der Waals surface area contributed by atoms with Crippen molar-refractivity contribution in [2.45, 2.75) is 11.8 Å². The highest BCUT2D eigenvalue weighted by Crippen LogP contribution is 2.24. The molecular weight excluding hydrogens is 192 g/mol. The zero-order valence-electron chi connectivity index (χ0n) is 8.28. The van der Waals surface area contributed by atoms with Crippen LogP contribution in [0.4, 0.5) is 0 Å². The molecule has 0 aliphatic rings. The first-order valence-corrected chi connectivity index (χ1v) is 6.08. The van der Waals surface area contributed by atoms with Crippen molar-refractivity contribution in [3.63, 3.8) is 0 Å². The standard InChI is InChI=1S/C12H12OS/c1-9-7-8-10-5-3-4-6-11(10)12(9)14(2)13/h3-8H,1-2H3. The molecule has 2 rings (SSSR count). The Kier molecular flexibility index (Phi) is 2.38. The Balaban J connectivity index is 2.90. The molecular formula is C12H12OS. The number of fused-ring (bicyclic) bond motifs is 1. The van der Waals surface area contributed by atoms with Gasteiger partial charge in [-0.15, -0.1) is 0 Å². The van der Waals surface area contributed by atoms with Crippen LogP contribution in [0.3, 0.4) is 0 Å². The molecule has 1 atom stereocenters. The molecule has 0 fully saturated rings. The Hall–Kier alpha value is -1.15. The molecule has 0 aliphatic carbocycles. The third-order valence-corrected chi connectivity index (χ3v) is 3.48. The van der Waals surface area contributed by atoms with Crippen LogP contribution in [0.1, 0.15) is 5.56 Å². The fourth-order valence-corrected chi connectivity index (χ4v) is 2.75. The Morgan fingerprint density at radius 1 is 1.07 bits per heavy atom. The lowest BCUT2D eigenvalue weighted by molar-refractivity contribution is 0.687. The molecule has 2 aromatic carbocycles. The van der Waals surface area contributed by atoms with Crippen molar-refractivity contribution >= 4 is 21.6 Å². The van der Waals surface area contributed by atoms with Crippen molar-refractivity contribution in [1.29, 1.82) is 0 Å². The summed E-state index contributed by atoms with van der Waals surface area (Å²) in [6.45, 7) is 2.00. The smallest absolute Gasteiger partial charge is 0.0507 e. The van der Waals surface area contributed by atoms with Crippen molar-refractivity contribution in [1.82, 2.24) is 0 Å². The van der Waals surface area contributed by atoms with Crippen LogP contribution in [-0.4, -0.2) is 10.5 Å². The topological polar surface area (TPSA) is 17.1 Å². The number of aryl methyl sites for hydroxylation is 1. The Labute approximate surface area is 86.2 Å². The van der Waals surface area contributed by atoms with E-state index in [1.807, 2.05) is 37.3 Å². The average molecular weight is 204 g/mol. The summed E-state index contributed by atoms with van der Waals surface area (Å²) in [5.41, 5.74) is 1.10. The lowest BCUT2D eigenvalue weighted by atomic mass is 10.1. The fraction of sp³-hybridized carbons (Fsp3) is 0.167. The summed E-state index contributed by atoms with van der Waals surface area (Å²) < 4.78 is 11.6. The lowest BCUT2D eigenvalue weighted by Crippen LogP contribution is -1.93. The van der Waals surface area contributed by atoms with Crippen LogP contribution in [0.25, 0.3) is 10.8 Å². The van der Waals surface area contributed by atoms with Crippen LogP contribution < -0.4 is 0 Å². The van der Waals surface area contributed by atoms with Gasteiger partial charge in [-0.1, -0.05) is 36.4 Å². The highest BCUT2D eigenvalue weighted by molar-refractivity contribution is 7.84. The van der Waals surface area contributed by atoms with E-state index >= 15 is 0 Å². The predicted molar refractivity (Wildman–Crippen MR) is 61.0 cm³/mol. The highest BCUT2D eigenvalue weighted by Gasteiger charge is 2.06. The van der Waals surface area contributed by atoms with Gasteiger partial charge in [0.25, 0.3) is 0 Å². The van der Waals surface area contributed by atoms with E-state index in [9.17, 15) is 4.21 Å². The van der Waals surface area contributed by atoms with Gasteiger partial charge >= 0.3 is 0 Å². The van der Waals surface area contributed by atoms with E-state index in [-0.39, 0.29) is 0 Å². The van der Waals surface area contributed by atoms with Gasteiger partial charge in [-0.25, -0.2) is 0 Å². The Bertz CT molecular complexity index is 503. The summed E-state index contributed by atoms with van der Waals surface area (Å²) in [6, 6.07) is 12.2. The van der Waals surface area contributed by atoms with Gasteiger partial charge in [0, 0.05) is 11.2 Å². The van der Waals surface area contributed by atoms with Crippen LogP contribution >= 0.6 is 0 Å². The van der Waals surface area contributed by atoms with E-state index in [0.29, 0.717) is 0 Å². The third-order valence-electron chi connectivity index (χ3n) is 2.36. The number of hydrogen-bond acceptors (Lipinski definition) is 1. The average Bonchev–Trinajstić information content (AvgIpc) is 2.17. The van der Waals surface area contributed by atoms with Crippen molar-refractivity contribution < 1.29 is 4.21 Å². The minimum Gasteiger partial charge on any atom is -0.255 e.